The van der Waals surface area contributed by atoms with Gasteiger partial charge in [-0.05, 0) is 66.2 Å². The maximum Gasteiger partial charge on any atom is 0.165 e. The molecular formula is C48H24N6S2. The van der Waals surface area contributed by atoms with Crippen LogP contribution in [0.25, 0.3) is 128 Å². The Bertz CT molecular complexity index is 4070. The Morgan fingerprint density at radius 3 is 2.05 bits per heavy atom. The zero-order valence-corrected chi connectivity index (χ0v) is 31.0. The predicted molar refractivity (Wildman–Crippen MR) is 236 cm³/mol. The van der Waals surface area contributed by atoms with E-state index in [1.807, 2.05) is 41.1 Å². The van der Waals surface area contributed by atoms with Crippen LogP contribution >= 0.6 is 22.7 Å². The van der Waals surface area contributed by atoms with Crippen LogP contribution in [0, 0.1) is 0 Å². The van der Waals surface area contributed by atoms with Gasteiger partial charge >= 0.3 is 0 Å². The van der Waals surface area contributed by atoms with Crippen LogP contribution in [0.15, 0.2) is 146 Å². The molecule has 0 bridgehead atoms. The van der Waals surface area contributed by atoms with Crippen LogP contribution in [0.2, 0.25) is 0 Å². The van der Waals surface area contributed by atoms with Crippen molar-refractivity contribution in [3.8, 4) is 11.1 Å². The molecule has 0 N–H and O–H groups in total. The van der Waals surface area contributed by atoms with Crippen molar-refractivity contribution in [2.24, 2.45) is 0 Å². The first kappa shape index (κ1) is 29.4. The highest BCUT2D eigenvalue weighted by molar-refractivity contribution is 7.26. The Hall–Kier alpha value is -7.00. The molecule has 8 heterocycles. The highest BCUT2D eigenvalue weighted by Crippen LogP contribution is 2.44. The number of pyridine rings is 4. The zero-order chi connectivity index (χ0) is 36.2. The molecule has 6 nitrogen and oxygen atoms in total. The number of hydrogen-bond donors (Lipinski definition) is 0. The van der Waals surface area contributed by atoms with Crippen molar-refractivity contribution in [1.82, 2.24) is 28.7 Å². The smallest absolute Gasteiger partial charge is 0.165 e. The van der Waals surface area contributed by atoms with E-state index in [9.17, 15) is 0 Å². The Morgan fingerprint density at radius 2 is 1.14 bits per heavy atom. The van der Waals surface area contributed by atoms with E-state index in [1.165, 1.54) is 51.2 Å². The number of rotatable bonds is 1. The molecule has 8 heteroatoms. The number of thiophene rings is 2. The summed E-state index contributed by atoms with van der Waals surface area (Å²) in [6.45, 7) is 0. The Kier molecular flexibility index (Phi) is 5.45. The van der Waals surface area contributed by atoms with Crippen molar-refractivity contribution >= 4 is 140 Å². The fourth-order valence-corrected chi connectivity index (χ4v) is 11.6. The summed E-state index contributed by atoms with van der Waals surface area (Å²) in [7, 11) is 0. The third-order valence-corrected chi connectivity index (χ3v) is 14.1. The van der Waals surface area contributed by atoms with Crippen LogP contribution in [0.1, 0.15) is 0 Å². The van der Waals surface area contributed by atoms with E-state index in [0.717, 1.165) is 77.2 Å². The molecule has 14 aromatic rings. The van der Waals surface area contributed by atoms with Gasteiger partial charge in [0, 0.05) is 75.1 Å². The third-order valence-electron chi connectivity index (χ3n) is 11.7. The van der Waals surface area contributed by atoms with E-state index >= 15 is 0 Å². The molecule has 0 fully saturated rings. The standard InChI is InChI=1S/C48H24N6S2/c1-6-14-41-27(8-1)31-17-16-30-34-20-26(24-50-44(34)48-51-35-11-3-4-12-37(35)54(48)45(30)46(31)56-41)25-15-18-36-39(21-25)53-38-22-33-28-9-2-5-13-40(28)55-42(33)23-32(38)29-10-7-19-49-43(29)47(53)52-36/h1-24H. The molecule has 0 saturated heterocycles. The topological polar surface area (TPSA) is 60.4 Å². The van der Waals surface area contributed by atoms with Crippen molar-refractivity contribution in [2.45, 2.75) is 0 Å². The van der Waals surface area contributed by atoms with Crippen molar-refractivity contribution in [1.29, 1.82) is 0 Å². The zero-order valence-electron chi connectivity index (χ0n) is 29.4. The molecule has 0 spiro atoms. The van der Waals surface area contributed by atoms with E-state index in [1.54, 1.807) is 0 Å². The minimum atomic E-state index is 0.864. The van der Waals surface area contributed by atoms with Gasteiger partial charge in [0.2, 0.25) is 0 Å². The second-order valence-electron chi connectivity index (χ2n) is 14.7. The van der Waals surface area contributed by atoms with Gasteiger partial charge in [-0.1, -0.05) is 72.8 Å². The largest absolute Gasteiger partial charge is 0.290 e. The van der Waals surface area contributed by atoms with Crippen LogP contribution in [0.5, 0.6) is 0 Å². The van der Waals surface area contributed by atoms with Gasteiger partial charge in [0.25, 0.3) is 0 Å². The Balaban J connectivity index is 1.08. The number of aromatic nitrogens is 6. The Morgan fingerprint density at radius 1 is 0.411 bits per heavy atom. The summed E-state index contributed by atoms with van der Waals surface area (Å²) in [4.78, 5) is 20.6. The van der Waals surface area contributed by atoms with E-state index in [0.29, 0.717) is 0 Å². The lowest BCUT2D eigenvalue weighted by molar-refractivity contribution is 1.29. The van der Waals surface area contributed by atoms with Crippen LogP contribution < -0.4 is 0 Å². The summed E-state index contributed by atoms with van der Waals surface area (Å²) in [5, 5.41) is 9.62. The lowest BCUT2D eigenvalue weighted by Gasteiger charge is -2.12. The summed E-state index contributed by atoms with van der Waals surface area (Å²) >= 11 is 3.69. The van der Waals surface area contributed by atoms with Gasteiger partial charge in [-0.2, -0.15) is 0 Å². The number of imidazole rings is 2. The molecule has 0 radical (unpaired) electrons. The molecule has 258 valence electrons. The van der Waals surface area contributed by atoms with Gasteiger partial charge in [0.1, 0.15) is 11.0 Å². The van der Waals surface area contributed by atoms with E-state index < -0.39 is 0 Å². The second kappa shape index (κ2) is 10.4. The van der Waals surface area contributed by atoms with Crippen molar-refractivity contribution in [3.05, 3.63) is 146 Å². The maximum absolute atomic E-state index is 5.23. The summed E-state index contributed by atoms with van der Waals surface area (Å²) in [6, 6.07) is 48.2. The van der Waals surface area contributed by atoms with Crippen LogP contribution in [-0.2, 0) is 0 Å². The normalized spacial score (nSPS) is 12.6. The minimum Gasteiger partial charge on any atom is -0.290 e. The maximum atomic E-state index is 5.23. The Labute approximate surface area is 324 Å². The number of hydrogen-bond acceptors (Lipinski definition) is 6. The van der Waals surface area contributed by atoms with Gasteiger partial charge in [-0.3, -0.25) is 18.8 Å². The van der Waals surface area contributed by atoms with E-state index in [-0.39, 0.29) is 0 Å². The first-order valence-corrected chi connectivity index (χ1v) is 20.3. The SMILES string of the molecule is c1ccc2c(c1)nc1c3ncc(-c4ccc5nc6c7ncccc7c7cc8sc9ccccc9c8cc7n6c5c4)cc3c3ccc4c5ccccc5sc4c3n21. The molecule has 14 rings (SSSR count). The quantitative estimate of drug-likeness (QED) is 0.157. The molecular weight excluding hydrogens is 725 g/mol. The van der Waals surface area contributed by atoms with E-state index in [2.05, 4.69) is 136 Å². The molecule has 6 aromatic carbocycles. The van der Waals surface area contributed by atoms with Gasteiger partial charge in [-0.25, -0.2) is 9.97 Å². The monoisotopic (exact) mass is 748 g/mol. The first-order chi connectivity index (χ1) is 27.7. The summed E-state index contributed by atoms with van der Waals surface area (Å²) in [6.07, 6.45) is 3.88. The summed E-state index contributed by atoms with van der Waals surface area (Å²) in [5.41, 5.74) is 12.0. The molecule has 0 aliphatic rings. The van der Waals surface area contributed by atoms with E-state index in [4.69, 9.17) is 19.9 Å². The fourth-order valence-electron chi connectivity index (χ4n) is 9.25. The highest BCUT2D eigenvalue weighted by atomic mass is 32.1. The minimum absolute atomic E-state index is 0.864. The first-order valence-electron chi connectivity index (χ1n) is 18.6. The second-order valence-corrected chi connectivity index (χ2v) is 16.8. The summed E-state index contributed by atoms with van der Waals surface area (Å²) in [5.74, 6) is 0. The third kappa shape index (κ3) is 3.70. The number of nitrogens with zero attached hydrogens (tertiary/aromatic N) is 6. The van der Waals surface area contributed by atoms with Crippen molar-refractivity contribution in [3.63, 3.8) is 0 Å². The van der Waals surface area contributed by atoms with Gasteiger partial charge in [0.15, 0.2) is 11.3 Å². The number of para-hydroxylation sites is 2. The van der Waals surface area contributed by atoms with Crippen LogP contribution in [0.4, 0.5) is 0 Å². The molecule has 0 aliphatic carbocycles. The highest BCUT2D eigenvalue weighted by Gasteiger charge is 2.21. The predicted octanol–water partition coefficient (Wildman–Crippen LogP) is 13.1. The molecule has 56 heavy (non-hydrogen) atoms. The van der Waals surface area contributed by atoms with Gasteiger partial charge < -0.3 is 0 Å². The molecule has 0 aliphatic heterocycles. The molecule has 0 unspecified atom stereocenters. The average molecular weight is 749 g/mol. The van der Waals surface area contributed by atoms with Crippen molar-refractivity contribution in [2.75, 3.05) is 0 Å². The molecule has 0 saturated carbocycles. The van der Waals surface area contributed by atoms with Crippen LogP contribution in [0.3, 0.4) is 0 Å². The number of benzene rings is 6. The fraction of sp³-hybridized carbons (Fsp3) is 0. The molecule has 0 amide bonds. The van der Waals surface area contributed by atoms with Crippen LogP contribution in [-0.4, -0.2) is 28.7 Å². The summed E-state index contributed by atoms with van der Waals surface area (Å²) < 4.78 is 9.76. The lowest BCUT2D eigenvalue weighted by Crippen LogP contribution is -1.95. The average Bonchev–Trinajstić information content (AvgIpc) is 4.03. The van der Waals surface area contributed by atoms with Crippen molar-refractivity contribution < 1.29 is 0 Å². The lowest BCUT2D eigenvalue weighted by atomic mass is 10.0. The van der Waals surface area contributed by atoms with Gasteiger partial charge in [-0.15, -0.1) is 22.7 Å². The molecule has 0 atom stereocenters. The number of fused-ring (bicyclic) bond motifs is 23. The molecule has 8 aromatic heterocycles. The van der Waals surface area contributed by atoms with Gasteiger partial charge in [0.05, 0.1) is 37.8 Å².